The SMILES string of the molecule is CN(C)C(=O)CNC(=O)c1ccc(N2CCCCC2=O)cc1. The zero-order chi connectivity index (χ0) is 16.1. The summed E-state index contributed by atoms with van der Waals surface area (Å²) >= 11 is 0. The highest BCUT2D eigenvalue weighted by atomic mass is 16.2. The van der Waals surface area contributed by atoms with Crippen molar-refractivity contribution >= 4 is 23.4 Å². The molecule has 6 heteroatoms. The second-order valence-electron chi connectivity index (χ2n) is 5.52. The van der Waals surface area contributed by atoms with E-state index in [1.807, 2.05) is 0 Å². The molecule has 0 aliphatic carbocycles. The second-order valence-corrected chi connectivity index (χ2v) is 5.52. The van der Waals surface area contributed by atoms with Gasteiger partial charge in [-0.25, -0.2) is 0 Å². The molecule has 1 aromatic carbocycles. The summed E-state index contributed by atoms with van der Waals surface area (Å²) < 4.78 is 0. The van der Waals surface area contributed by atoms with Gasteiger partial charge >= 0.3 is 0 Å². The molecule has 0 spiro atoms. The second kappa shape index (κ2) is 7.06. The largest absolute Gasteiger partial charge is 0.347 e. The first kappa shape index (κ1) is 16.0. The number of hydrogen-bond donors (Lipinski definition) is 1. The zero-order valence-electron chi connectivity index (χ0n) is 13.0. The fourth-order valence-electron chi connectivity index (χ4n) is 2.29. The Morgan fingerprint density at radius 1 is 1.18 bits per heavy atom. The zero-order valence-corrected chi connectivity index (χ0v) is 13.0. The van der Waals surface area contributed by atoms with E-state index in [2.05, 4.69) is 5.32 Å². The average Bonchev–Trinajstić information content (AvgIpc) is 2.52. The van der Waals surface area contributed by atoms with Crippen LogP contribution in [0, 0.1) is 0 Å². The first-order chi connectivity index (χ1) is 10.5. The summed E-state index contributed by atoms with van der Waals surface area (Å²) in [5.41, 5.74) is 1.28. The Labute approximate surface area is 130 Å². The molecule has 1 aliphatic rings. The minimum absolute atomic E-state index is 0.0296. The average molecular weight is 303 g/mol. The summed E-state index contributed by atoms with van der Waals surface area (Å²) in [5, 5.41) is 2.58. The van der Waals surface area contributed by atoms with Gasteiger partial charge < -0.3 is 15.1 Å². The molecule has 1 aromatic rings. The smallest absolute Gasteiger partial charge is 0.251 e. The van der Waals surface area contributed by atoms with Gasteiger partial charge in [-0.3, -0.25) is 14.4 Å². The first-order valence-electron chi connectivity index (χ1n) is 7.38. The Kier molecular flexibility index (Phi) is 5.14. The van der Waals surface area contributed by atoms with Crippen LogP contribution in [0.3, 0.4) is 0 Å². The van der Waals surface area contributed by atoms with Crippen molar-refractivity contribution in [1.29, 1.82) is 0 Å². The lowest BCUT2D eigenvalue weighted by atomic mass is 10.1. The van der Waals surface area contributed by atoms with Crippen molar-refractivity contribution in [2.75, 3.05) is 32.1 Å². The molecule has 1 N–H and O–H groups in total. The van der Waals surface area contributed by atoms with Crippen LogP contribution in [0.2, 0.25) is 0 Å². The van der Waals surface area contributed by atoms with Gasteiger partial charge in [0.05, 0.1) is 6.54 Å². The molecule has 1 aliphatic heterocycles. The number of carbonyl (C=O) groups is 3. The predicted octanol–water partition coefficient (Wildman–Crippen LogP) is 1.02. The summed E-state index contributed by atoms with van der Waals surface area (Å²) in [5.74, 6) is -0.337. The van der Waals surface area contributed by atoms with E-state index in [0.29, 0.717) is 12.0 Å². The van der Waals surface area contributed by atoms with Gasteiger partial charge in [0.1, 0.15) is 0 Å². The van der Waals surface area contributed by atoms with Crippen LogP contribution in [0.15, 0.2) is 24.3 Å². The van der Waals surface area contributed by atoms with Crippen molar-refractivity contribution in [2.24, 2.45) is 0 Å². The number of benzene rings is 1. The third kappa shape index (κ3) is 3.84. The summed E-state index contributed by atoms with van der Waals surface area (Å²) in [6, 6.07) is 6.89. The number of rotatable bonds is 4. The molecule has 1 heterocycles. The Morgan fingerprint density at radius 3 is 2.45 bits per heavy atom. The van der Waals surface area contributed by atoms with Crippen LogP contribution < -0.4 is 10.2 Å². The van der Waals surface area contributed by atoms with E-state index in [-0.39, 0.29) is 24.3 Å². The normalized spacial score (nSPS) is 14.6. The van der Waals surface area contributed by atoms with Gasteiger partial charge in [-0.05, 0) is 37.1 Å². The van der Waals surface area contributed by atoms with Gasteiger partial charge in [-0.15, -0.1) is 0 Å². The van der Waals surface area contributed by atoms with Crippen molar-refractivity contribution < 1.29 is 14.4 Å². The molecule has 6 nitrogen and oxygen atoms in total. The number of likely N-dealkylation sites (N-methyl/N-ethyl adjacent to an activating group) is 1. The molecule has 0 radical (unpaired) electrons. The highest BCUT2D eigenvalue weighted by Gasteiger charge is 2.19. The van der Waals surface area contributed by atoms with E-state index in [0.717, 1.165) is 25.1 Å². The van der Waals surface area contributed by atoms with Crippen LogP contribution in [0.5, 0.6) is 0 Å². The van der Waals surface area contributed by atoms with E-state index >= 15 is 0 Å². The number of nitrogens with zero attached hydrogens (tertiary/aromatic N) is 2. The Balaban J connectivity index is 1.97. The molecule has 22 heavy (non-hydrogen) atoms. The third-order valence-corrected chi connectivity index (χ3v) is 3.66. The maximum Gasteiger partial charge on any atom is 0.251 e. The van der Waals surface area contributed by atoms with Crippen molar-refractivity contribution in [2.45, 2.75) is 19.3 Å². The molecule has 2 rings (SSSR count). The van der Waals surface area contributed by atoms with E-state index in [1.165, 1.54) is 4.90 Å². The quantitative estimate of drug-likeness (QED) is 0.903. The molecule has 1 fully saturated rings. The third-order valence-electron chi connectivity index (χ3n) is 3.66. The number of hydrogen-bond acceptors (Lipinski definition) is 3. The van der Waals surface area contributed by atoms with E-state index in [4.69, 9.17) is 0 Å². The lowest BCUT2D eigenvalue weighted by molar-refractivity contribution is -0.127. The molecule has 0 atom stereocenters. The number of nitrogens with one attached hydrogen (secondary N) is 1. The molecular weight excluding hydrogens is 282 g/mol. The van der Waals surface area contributed by atoms with E-state index < -0.39 is 0 Å². The van der Waals surface area contributed by atoms with Gasteiger partial charge in [0, 0.05) is 38.3 Å². The maximum atomic E-state index is 12.0. The van der Waals surface area contributed by atoms with Gasteiger partial charge in [-0.1, -0.05) is 0 Å². The molecule has 118 valence electrons. The lowest BCUT2D eigenvalue weighted by Gasteiger charge is -2.26. The topological polar surface area (TPSA) is 69.7 Å². The van der Waals surface area contributed by atoms with Gasteiger partial charge in [0.2, 0.25) is 11.8 Å². The Hall–Kier alpha value is -2.37. The van der Waals surface area contributed by atoms with Crippen molar-refractivity contribution in [3.63, 3.8) is 0 Å². The summed E-state index contributed by atoms with van der Waals surface area (Å²) in [6.07, 6.45) is 2.52. The maximum absolute atomic E-state index is 12.0. The monoisotopic (exact) mass is 303 g/mol. The van der Waals surface area contributed by atoms with Gasteiger partial charge in [0.15, 0.2) is 0 Å². The minimum atomic E-state index is -0.299. The molecule has 1 saturated heterocycles. The number of carbonyl (C=O) groups excluding carboxylic acids is 3. The standard InChI is InChI=1S/C16H21N3O3/c1-18(2)15(21)11-17-16(22)12-6-8-13(9-7-12)19-10-4-3-5-14(19)20/h6-9H,3-5,10-11H2,1-2H3,(H,17,22). The summed E-state index contributed by atoms with van der Waals surface area (Å²) in [7, 11) is 3.28. The van der Waals surface area contributed by atoms with Crippen molar-refractivity contribution in [1.82, 2.24) is 10.2 Å². The van der Waals surface area contributed by atoms with Crippen molar-refractivity contribution in [3.8, 4) is 0 Å². The van der Waals surface area contributed by atoms with Crippen LogP contribution in [0.4, 0.5) is 5.69 Å². The van der Waals surface area contributed by atoms with Crippen LogP contribution in [0.25, 0.3) is 0 Å². The molecule has 0 aromatic heterocycles. The summed E-state index contributed by atoms with van der Waals surface area (Å²) in [6.45, 7) is 0.694. The van der Waals surface area contributed by atoms with Crippen molar-refractivity contribution in [3.05, 3.63) is 29.8 Å². The molecule has 0 unspecified atom stereocenters. The van der Waals surface area contributed by atoms with Crippen LogP contribution in [-0.2, 0) is 9.59 Å². The lowest BCUT2D eigenvalue weighted by Crippen LogP contribution is -2.36. The van der Waals surface area contributed by atoms with Gasteiger partial charge in [-0.2, -0.15) is 0 Å². The summed E-state index contributed by atoms with van der Waals surface area (Å²) in [4.78, 5) is 38.4. The molecule has 0 bridgehead atoms. The number of anilines is 1. The van der Waals surface area contributed by atoms with Gasteiger partial charge in [0.25, 0.3) is 5.91 Å². The fourth-order valence-corrected chi connectivity index (χ4v) is 2.29. The van der Waals surface area contributed by atoms with E-state index in [9.17, 15) is 14.4 Å². The Morgan fingerprint density at radius 2 is 1.86 bits per heavy atom. The number of piperidine rings is 1. The van der Waals surface area contributed by atoms with Crippen LogP contribution in [-0.4, -0.2) is 49.8 Å². The first-order valence-corrected chi connectivity index (χ1v) is 7.38. The van der Waals surface area contributed by atoms with Crippen LogP contribution in [0.1, 0.15) is 29.6 Å². The van der Waals surface area contributed by atoms with Crippen LogP contribution >= 0.6 is 0 Å². The highest BCUT2D eigenvalue weighted by Crippen LogP contribution is 2.21. The molecule has 3 amide bonds. The Bertz CT molecular complexity index is 567. The molecular formula is C16H21N3O3. The van der Waals surface area contributed by atoms with E-state index in [1.54, 1.807) is 43.3 Å². The highest BCUT2D eigenvalue weighted by molar-refractivity contribution is 5.98. The minimum Gasteiger partial charge on any atom is -0.347 e. The molecule has 0 saturated carbocycles. The number of amides is 3. The predicted molar refractivity (Wildman–Crippen MR) is 83.7 cm³/mol. The fraction of sp³-hybridized carbons (Fsp3) is 0.438.